The Hall–Kier alpha value is -0.120. The maximum Gasteiger partial charge on any atom is 0.142 e. The first-order valence-electron chi connectivity index (χ1n) is 6.44. The largest absolute Gasteiger partial charge is 0.296 e. The van der Waals surface area contributed by atoms with Crippen LogP contribution in [0, 0.1) is 5.82 Å². The van der Waals surface area contributed by atoms with Crippen molar-refractivity contribution in [1.82, 2.24) is 4.90 Å². The molecule has 1 heterocycles. The van der Waals surface area contributed by atoms with Gasteiger partial charge in [-0.15, -0.1) is 0 Å². The van der Waals surface area contributed by atoms with Gasteiger partial charge in [0.1, 0.15) is 5.82 Å². The maximum absolute atomic E-state index is 13.4. The topological polar surface area (TPSA) is 3.24 Å². The Bertz CT molecular complexity index is 397. The molecular weight excluding hydrogens is 317 g/mol. The minimum absolute atomic E-state index is 0.203. The molecule has 1 unspecified atom stereocenters. The van der Waals surface area contributed by atoms with Gasteiger partial charge in [-0.3, -0.25) is 4.90 Å². The Balaban J connectivity index is 2.03. The van der Waals surface area contributed by atoms with E-state index in [9.17, 15) is 4.39 Å². The molecule has 0 aromatic heterocycles. The Kier molecular flexibility index (Phi) is 5.46. The predicted octanol–water partition coefficient (Wildman–Crippen LogP) is 4.62. The van der Waals surface area contributed by atoms with Gasteiger partial charge in [0.25, 0.3) is 0 Å². The molecule has 0 aliphatic carbocycles. The summed E-state index contributed by atoms with van der Waals surface area (Å²) >= 11 is 9.22. The highest BCUT2D eigenvalue weighted by Gasteiger charge is 2.21. The van der Waals surface area contributed by atoms with Crippen LogP contribution in [0.5, 0.6) is 0 Å². The summed E-state index contributed by atoms with van der Waals surface area (Å²) in [5, 5.41) is 1.23. The molecule has 1 nitrogen and oxygen atoms in total. The summed E-state index contributed by atoms with van der Waals surface area (Å²) in [7, 11) is 0. The van der Waals surface area contributed by atoms with Gasteiger partial charge in [-0.05, 0) is 43.5 Å². The molecule has 1 aromatic carbocycles. The molecule has 0 spiro atoms. The minimum atomic E-state index is -0.316. The van der Waals surface area contributed by atoms with Gasteiger partial charge in [0.05, 0.1) is 5.02 Å². The lowest BCUT2D eigenvalue weighted by Gasteiger charge is -2.35. The molecule has 1 atom stereocenters. The summed E-state index contributed by atoms with van der Waals surface area (Å²) in [5.41, 5.74) is 1.01. The normalized spacial score (nSPS) is 21.2. The summed E-state index contributed by atoms with van der Waals surface area (Å²) in [4.78, 5) is 2.47. The van der Waals surface area contributed by atoms with Gasteiger partial charge in [0.2, 0.25) is 0 Å². The maximum atomic E-state index is 13.4. The fraction of sp³-hybridized carbons (Fsp3) is 0.571. The van der Waals surface area contributed by atoms with E-state index < -0.39 is 0 Å². The van der Waals surface area contributed by atoms with Gasteiger partial charge in [0, 0.05) is 17.9 Å². The number of benzene rings is 1. The van der Waals surface area contributed by atoms with Crippen LogP contribution in [0.4, 0.5) is 4.39 Å². The lowest BCUT2D eigenvalue weighted by molar-refractivity contribution is 0.137. The second-order valence-electron chi connectivity index (χ2n) is 4.85. The number of piperidine rings is 1. The molecule has 1 aliphatic rings. The zero-order valence-electron chi connectivity index (χ0n) is 10.3. The number of hydrogen-bond acceptors (Lipinski definition) is 1. The second kappa shape index (κ2) is 6.88. The van der Waals surface area contributed by atoms with Crippen molar-refractivity contribution in [2.75, 3.05) is 11.9 Å². The van der Waals surface area contributed by atoms with Crippen molar-refractivity contribution >= 4 is 27.5 Å². The molecule has 1 aromatic rings. The highest BCUT2D eigenvalue weighted by atomic mass is 79.9. The summed E-state index contributed by atoms with van der Waals surface area (Å²) in [6.45, 7) is 1.94. The number of rotatable bonds is 4. The van der Waals surface area contributed by atoms with Crippen LogP contribution >= 0.6 is 27.5 Å². The van der Waals surface area contributed by atoms with E-state index in [0.29, 0.717) is 6.04 Å². The first-order valence-corrected chi connectivity index (χ1v) is 7.94. The molecule has 4 heteroatoms. The molecule has 2 rings (SSSR count). The van der Waals surface area contributed by atoms with Crippen molar-refractivity contribution in [3.63, 3.8) is 0 Å². The zero-order chi connectivity index (χ0) is 13.0. The van der Waals surface area contributed by atoms with Gasteiger partial charge in [0.15, 0.2) is 0 Å². The van der Waals surface area contributed by atoms with Gasteiger partial charge >= 0.3 is 0 Å². The van der Waals surface area contributed by atoms with Crippen LogP contribution < -0.4 is 0 Å². The van der Waals surface area contributed by atoms with Crippen LogP contribution in [0.1, 0.15) is 31.2 Å². The number of halogens is 3. The third kappa shape index (κ3) is 3.69. The number of alkyl halides is 1. The minimum Gasteiger partial charge on any atom is -0.296 e. The standard InChI is InChI=1S/C14H18BrClFN/c15-7-6-12-3-1-2-8-18(12)10-11-4-5-13(16)14(17)9-11/h4-5,9,12H,1-3,6-8,10H2. The molecule has 1 fully saturated rings. The first-order chi connectivity index (χ1) is 8.70. The molecule has 1 aliphatic heterocycles. The van der Waals surface area contributed by atoms with Crippen LogP contribution in [0.15, 0.2) is 18.2 Å². The van der Waals surface area contributed by atoms with Gasteiger partial charge < -0.3 is 0 Å². The van der Waals surface area contributed by atoms with Crippen LogP contribution in [-0.2, 0) is 6.54 Å². The number of likely N-dealkylation sites (tertiary alicyclic amines) is 1. The third-order valence-corrected chi connectivity index (χ3v) is 4.33. The number of nitrogens with zero attached hydrogens (tertiary/aromatic N) is 1. The first kappa shape index (κ1) is 14.3. The number of hydrogen-bond donors (Lipinski definition) is 0. The van der Waals surface area contributed by atoms with E-state index in [1.165, 1.54) is 19.3 Å². The Morgan fingerprint density at radius 2 is 2.22 bits per heavy atom. The van der Waals surface area contributed by atoms with Crippen molar-refractivity contribution < 1.29 is 4.39 Å². The van der Waals surface area contributed by atoms with E-state index in [1.807, 2.05) is 6.07 Å². The fourth-order valence-corrected chi connectivity index (χ4v) is 3.24. The smallest absolute Gasteiger partial charge is 0.142 e. The molecular formula is C14H18BrClFN. The van der Waals surface area contributed by atoms with Crippen molar-refractivity contribution in [1.29, 1.82) is 0 Å². The van der Waals surface area contributed by atoms with Crippen LogP contribution in [0.3, 0.4) is 0 Å². The van der Waals surface area contributed by atoms with Crippen LogP contribution in [-0.4, -0.2) is 22.8 Å². The van der Waals surface area contributed by atoms with E-state index in [1.54, 1.807) is 12.1 Å². The average Bonchev–Trinajstić information content (AvgIpc) is 2.37. The van der Waals surface area contributed by atoms with E-state index in [-0.39, 0.29) is 10.8 Å². The molecule has 1 saturated heterocycles. The fourth-order valence-electron chi connectivity index (χ4n) is 2.59. The Morgan fingerprint density at radius 3 is 2.94 bits per heavy atom. The van der Waals surface area contributed by atoms with Gasteiger partial charge in [-0.1, -0.05) is 40.0 Å². The predicted molar refractivity (Wildman–Crippen MR) is 77.9 cm³/mol. The van der Waals surface area contributed by atoms with Crippen molar-refractivity contribution in [3.8, 4) is 0 Å². The lowest BCUT2D eigenvalue weighted by atomic mass is 9.99. The SMILES string of the molecule is Fc1cc(CN2CCCCC2CCBr)ccc1Cl. The summed E-state index contributed by atoms with van der Waals surface area (Å²) in [6, 6.07) is 5.75. The van der Waals surface area contributed by atoms with Gasteiger partial charge in [-0.25, -0.2) is 4.39 Å². The summed E-state index contributed by atoms with van der Waals surface area (Å²) < 4.78 is 13.4. The molecule has 0 N–H and O–H groups in total. The zero-order valence-corrected chi connectivity index (χ0v) is 12.7. The average molecular weight is 335 g/mol. The van der Waals surface area contributed by atoms with Gasteiger partial charge in [-0.2, -0.15) is 0 Å². The monoisotopic (exact) mass is 333 g/mol. The van der Waals surface area contributed by atoms with E-state index >= 15 is 0 Å². The molecule has 0 amide bonds. The van der Waals surface area contributed by atoms with Crippen molar-refractivity contribution in [2.45, 2.75) is 38.3 Å². The molecule has 18 heavy (non-hydrogen) atoms. The highest BCUT2D eigenvalue weighted by Crippen LogP contribution is 2.24. The van der Waals surface area contributed by atoms with Crippen LogP contribution in [0.2, 0.25) is 5.02 Å². The van der Waals surface area contributed by atoms with E-state index in [2.05, 4.69) is 20.8 Å². The summed E-state index contributed by atoms with van der Waals surface area (Å²) in [6.07, 6.45) is 4.97. The quantitative estimate of drug-likeness (QED) is 0.726. The van der Waals surface area contributed by atoms with E-state index in [0.717, 1.165) is 30.4 Å². The van der Waals surface area contributed by atoms with E-state index in [4.69, 9.17) is 11.6 Å². The van der Waals surface area contributed by atoms with Crippen molar-refractivity contribution in [2.24, 2.45) is 0 Å². The Labute approximate surface area is 121 Å². The molecule has 0 saturated carbocycles. The molecule has 0 radical (unpaired) electrons. The highest BCUT2D eigenvalue weighted by molar-refractivity contribution is 9.09. The summed E-state index contributed by atoms with van der Waals surface area (Å²) in [5.74, 6) is -0.316. The Morgan fingerprint density at radius 1 is 1.39 bits per heavy atom. The van der Waals surface area contributed by atoms with Crippen LogP contribution in [0.25, 0.3) is 0 Å². The second-order valence-corrected chi connectivity index (χ2v) is 6.05. The third-order valence-electron chi connectivity index (χ3n) is 3.56. The molecule has 0 bridgehead atoms. The lowest BCUT2D eigenvalue weighted by Crippen LogP contribution is -2.39. The molecule has 100 valence electrons. The van der Waals surface area contributed by atoms with Crippen molar-refractivity contribution in [3.05, 3.63) is 34.6 Å².